The summed E-state index contributed by atoms with van der Waals surface area (Å²) in [6.07, 6.45) is 0. The van der Waals surface area contributed by atoms with Crippen LogP contribution in [0.5, 0.6) is 0 Å². The fourth-order valence-corrected chi connectivity index (χ4v) is 2.35. The highest BCUT2D eigenvalue weighted by atomic mass is 35.5. The van der Waals surface area contributed by atoms with E-state index in [-0.39, 0.29) is 22.5 Å². The summed E-state index contributed by atoms with van der Waals surface area (Å²) in [4.78, 5) is 34.4. The van der Waals surface area contributed by atoms with Crippen molar-refractivity contribution in [1.82, 2.24) is 0 Å². The van der Waals surface area contributed by atoms with E-state index in [0.717, 1.165) is 0 Å². The molecule has 0 unspecified atom stereocenters. The number of esters is 1. The van der Waals surface area contributed by atoms with Gasteiger partial charge >= 0.3 is 5.97 Å². The zero-order valence-corrected chi connectivity index (χ0v) is 14.2. The first-order valence-corrected chi connectivity index (χ1v) is 7.62. The number of benzene rings is 2. The fourth-order valence-electron chi connectivity index (χ4n) is 2.18. The maximum absolute atomic E-state index is 12.1. The minimum atomic E-state index is -0.998. The molecule has 0 heterocycles. The average molecular weight is 374 g/mol. The molecule has 0 radical (unpaired) electrons. The largest absolute Gasteiger partial charge is 0.452 e. The van der Waals surface area contributed by atoms with Crippen LogP contribution in [0.15, 0.2) is 36.4 Å². The Labute approximate surface area is 153 Å². The Kier molecular flexibility index (Phi) is 5.88. The Morgan fingerprint density at radius 1 is 1.35 bits per heavy atom. The smallest absolute Gasteiger partial charge is 0.345 e. The van der Waals surface area contributed by atoms with Crippen LogP contribution in [0.3, 0.4) is 0 Å². The molecule has 2 aromatic rings. The van der Waals surface area contributed by atoms with E-state index < -0.39 is 23.4 Å². The number of anilines is 1. The van der Waals surface area contributed by atoms with Gasteiger partial charge in [0.05, 0.1) is 16.2 Å². The third kappa shape index (κ3) is 4.34. The molecule has 9 heteroatoms. The number of halogens is 1. The van der Waals surface area contributed by atoms with Crippen molar-refractivity contribution in [3.63, 3.8) is 0 Å². The van der Waals surface area contributed by atoms with Gasteiger partial charge in [-0.15, -0.1) is 0 Å². The lowest BCUT2D eigenvalue weighted by Crippen LogP contribution is -2.22. The van der Waals surface area contributed by atoms with Crippen LogP contribution in [-0.2, 0) is 9.53 Å². The first-order chi connectivity index (χ1) is 12.3. The van der Waals surface area contributed by atoms with Crippen LogP contribution in [-0.4, -0.2) is 23.4 Å². The topological polar surface area (TPSA) is 122 Å². The van der Waals surface area contributed by atoms with Crippen LogP contribution in [0.2, 0.25) is 5.02 Å². The summed E-state index contributed by atoms with van der Waals surface area (Å²) in [5.41, 5.74) is 0.0280. The number of rotatable bonds is 5. The van der Waals surface area contributed by atoms with E-state index in [0.29, 0.717) is 10.6 Å². The van der Waals surface area contributed by atoms with Crippen molar-refractivity contribution in [3.05, 3.63) is 68.2 Å². The SMILES string of the molecule is Cc1cccc(C(=O)OCC(=O)Nc2cc(Cl)ccc2C#N)c1[N+](=O)[O-]. The third-order valence-electron chi connectivity index (χ3n) is 3.35. The molecular formula is C17H12ClN3O5. The highest BCUT2D eigenvalue weighted by molar-refractivity contribution is 6.31. The van der Waals surface area contributed by atoms with Crippen LogP contribution in [0.1, 0.15) is 21.5 Å². The van der Waals surface area contributed by atoms with Gasteiger partial charge in [-0.2, -0.15) is 5.26 Å². The molecule has 0 saturated heterocycles. The monoisotopic (exact) mass is 373 g/mol. The minimum absolute atomic E-state index is 0.169. The molecule has 0 saturated carbocycles. The molecule has 0 bridgehead atoms. The Bertz CT molecular complexity index is 936. The van der Waals surface area contributed by atoms with Crippen LogP contribution >= 0.6 is 11.6 Å². The lowest BCUT2D eigenvalue weighted by molar-refractivity contribution is -0.385. The lowest BCUT2D eigenvalue weighted by atomic mass is 10.1. The Morgan fingerprint density at radius 2 is 2.08 bits per heavy atom. The molecule has 1 amide bonds. The molecule has 8 nitrogen and oxygen atoms in total. The van der Waals surface area contributed by atoms with Gasteiger partial charge in [-0.05, 0) is 31.2 Å². The zero-order chi connectivity index (χ0) is 19.3. The number of carbonyl (C=O) groups is 2. The number of ether oxygens (including phenoxy) is 1. The van der Waals surface area contributed by atoms with Crippen LogP contribution in [0.25, 0.3) is 0 Å². The van der Waals surface area contributed by atoms with Crippen molar-refractivity contribution in [1.29, 1.82) is 5.26 Å². The van der Waals surface area contributed by atoms with Crippen molar-refractivity contribution in [2.75, 3.05) is 11.9 Å². The van der Waals surface area contributed by atoms with E-state index in [1.165, 1.54) is 43.3 Å². The molecule has 0 aromatic heterocycles. The van der Waals surface area contributed by atoms with Gasteiger partial charge < -0.3 is 10.1 Å². The number of hydrogen-bond acceptors (Lipinski definition) is 6. The summed E-state index contributed by atoms with van der Waals surface area (Å²) in [7, 11) is 0. The molecule has 26 heavy (non-hydrogen) atoms. The maximum atomic E-state index is 12.1. The van der Waals surface area contributed by atoms with Crippen LogP contribution in [0, 0.1) is 28.4 Å². The summed E-state index contributed by atoms with van der Waals surface area (Å²) < 4.78 is 4.84. The number of hydrogen-bond donors (Lipinski definition) is 1. The maximum Gasteiger partial charge on any atom is 0.345 e. The molecule has 0 spiro atoms. The number of nitriles is 1. The molecule has 1 N–H and O–H groups in total. The second kappa shape index (κ2) is 8.09. The lowest BCUT2D eigenvalue weighted by Gasteiger charge is -2.09. The molecular weight excluding hydrogens is 362 g/mol. The summed E-state index contributed by atoms with van der Waals surface area (Å²) in [5.74, 6) is -1.71. The quantitative estimate of drug-likeness (QED) is 0.487. The van der Waals surface area contributed by atoms with Gasteiger partial charge in [0.15, 0.2) is 6.61 Å². The summed E-state index contributed by atoms with van der Waals surface area (Å²) in [6, 6.07) is 10.4. The zero-order valence-electron chi connectivity index (χ0n) is 13.5. The first-order valence-electron chi connectivity index (χ1n) is 7.24. The summed E-state index contributed by atoms with van der Waals surface area (Å²) in [6.45, 7) is 0.811. The van der Waals surface area contributed by atoms with Crippen molar-refractivity contribution in [3.8, 4) is 6.07 Å². The molecule has 0 fully saturated rings. The van der Waals surface area contributed by atoms with Crippen molar-refractivity contribution in [2.45, 2.75) is 6.92 Å². The van der Waals surface area contributed by atoms with Gasteiger partial charge in [0.25, 0.3) is 11.6 Å². The second-order valence-corrected chi connectivity index (χ2v) is 5.59. The number of nitro groups is 1. The molecule has 2 aromatic carbocycles. The van der Waals surface area contributed by atoms with Crippen molar-refractivity contribution >= 4 is 34.9 Å². The summed E-state index contributed by atoms with van der Waals surface area (Å²) >= 11 is 5.82. The molecule has 2 rings (SSSR count). The standard InChI is InChI=1S/C17H12ClN3O5/c1-10-3-2-4-13(16(10)21(24)25)17(23)26-9-15(22)20-14-7-12(18)6-5-11(14)8-19/h2-7H,9H2,1H3,(H,20,22). The second-order valence-electron chi connectivity index (χ2n) is 5.15. The summed E-state index contributed by atoms with van der Waals surface area (Å²) in [5, 5.41) is 22.8. The third-order valence-corrected chi connectivity index (χ3v) is 3.59. The van der Waals surface area contributed by atoms with Gasteiger partial charge in [-0.25, -0.2) is 4.79 Å². The number of para-hydroxylation sites is 1. The molecule has 0 aliphatic carbocycles. The van der Waals surface area contributed by atoms with Gasteiger partial charge in [-0.3, -0.25) is 14.9 Å². The number of carbonyl (C=O) groups excluding carboxylic acids is 2. The van der Waals surface area contributed by atoms with E-state index in [4.69, 9.17) is 21.6 Å². The Hall–Kier alpha value is -3.44. The Balaban J connectivity index is 2.08. The number of nitrogens with zero attached hydrogens (tertiary/aromatic N) is 2. The highest BCUT2D eigenvalue weighted by Gasteiger charge is 2.24. The molecule has 132 valence electrons. The first kappa shape index (κ1) is 18.9. The molecule has 0 aliphatic rings. The fraction of sp³-hybridized carbons (Fsp3) is 0.118. The predicted molar refractivity (Wildman–Crippen MR) is 92.9 cm³/mol. The van der Waals surface area contributed by atoms with E-state index in [2.05, 4.69) is 5.32 Å². The number of nitro benzene ring substituents is 1. The van der Waals surface area contributed by atoms with Crippen LogP contribution < -0.4 is 5.32 Å². The van der Waals surface area contributed by atoms with Gasteiger partial charge in [-0.1, -0.05) is 23.7 Å². The van der Waals surface area contributed by atoms with Crippen molar-refractivity contribution in [2.24, 2.45) is 0 Å². The van der Waals surface area contributed by atoms with E-state index >= 15 is 0 Å². The van der Waals surface area contributed by atoms with Crippen LogP contribution in [0.4, 0.5) is 11.4 Å². The van der Waals surface area contributed by atoms with E-state index in [1.54, 1.807) is 0 Å². The van der Waals surface area contributed by atoms with E-state index in [9.17, 15) is 19.7 Å². The van der Waals surface area contributed by atoms with E-state index in [1.807, 2.05) is 6.07 Å². The van der Waals surface area contributed by atoms with Crippen molar-refractivity contribution < 1.29 is 19.2 Å². The number of nitrogens with one attached hydrogen (secondary N) is 1. The average Bonchev–Trinajstić information content (AvgIpc) is 2.59. The van der Waals surface area contributed by atoms with Gasteiger partial charge in [0.1, 0.15) is 11.6 Å². The number of aryl methyl sites for hydroxylation is 1. The predicted octanol–water partition coefficient (Wildman–Crippen LogP) is 3.22. The highest BCUT2D eigenvalue weighted by Crippen LogP contribution is 2.24. The Morgan fingerprint density at radius 3 is 2.73 bits per heavy atom. The normalized spacial score (nSPS) is 9.88. The molecule has 0 aliphatic heterocycles. The van der Waals surface area contributed by atoms with Gasteiger partial charge in [0, 0.05) is 10.6 Å². The molecule has 0 atom stereocenters. The number of amides is 1. The minimum Gasteiger partial charge on any atom is -0.452 e. The van der Waals surface area contributed by atoms with Gasteiger partial charge in [0.2, 0.25) is 0 Å².